The summed E-state index contributed by atoms with van der Waals surface area (Å²) in [5, 5.41) is 9.71. The van der Waals surface area contributed by atoms with Crippen LogP contribution < -0.4 is 10.6 Å². The Morgan fingerprint density at radius 2 is 2.06 bits per heavy atom. The number of halogens is 1. The minimum atomic E-state index is -1.45. The third kappa shape index (κ3) is 2.74. The molecule has 0 spiro atoms. The zero-order chi connectivity index (χ0) is 12.5. The Morgan fingerprint density at radius 3 is 2.65 bits per heavy atom. The average molecular weight is 240 g/mol. The summed E-state index contributed by atoms with van der Waals surface area (Å²) in [7, 11) is 0. The van der Waals surface area contributed by atoms with E-state index in [1.165, 1.54) is 19.1 Å². The zero-order valence-electron chi connectivity index (χ0n) is 9.82. The Labute approximate surface area is 99.8 Å². The molecule has 0 saturated carbocycles. The summed E-state index contributed by atoms with van der Waals surface area (Å²) in [5.74, 6) is -0.306. The zero-order valence-corrected chi connectivity index (χ0v) is 9.82. The van der Waals surface area contributed by atoms with Crippen LogP contribution in [-0.2, 0) is 10.5 Å². The highest BCUT2D eigenvalue weighted by molar-refractivity contribution is 5.51. The van der Waals surface area contributed by atoms with Crippen LogP contribution in [0.2, 0.25) is 0 Å². The van der Waals surface area contributed by atoms with Crippen molar-refractivity contribution in [2.24, 2.45) is 5.73 Å². The lowest BCUT2D eigenvalue weighted by atomic mass is 10.0. The first kappa shape index (κ1) is 12.3. The van der Waals surface area contributed by atoms with E-state index in [9.17, 15) is 9.50 Å². The maximum Gasteiger partial charge on any atom is 0.146 e. The van der Waals surface area contributed by atoms with E-state index in [4.69, 9.17) is 10.5 Å². The third-order valence-electron chi connectivity index (χ3n) is 2.88. The molecule has 0 aliphatic carbocycles. The van der Waals surface area contributed by atoms with Crippen LogP contribution in [0.5, 0.6) is 0 Å². The number of ether oxygens (including phenoxy) is 1. The van der Waals surface area contributed by atoms with Gasteiger partial charge in [-0.3, -0.25) is 0 Å². The molecule has 1 aromatic rings. The first-order chi connectivity index (χ1) is 7.98. The number of hydrogen-bond donors (Lipinski definition) is 2. The summed E-state index contributed by atoms with van der Waals surface area (Å²) >= 11 is 0. The third-order valence-corrected chi connectivity index (χ3v) is 2.88. The number of hydrogen-bond acceptors (Lipinski definition) is 4. The second-order valence-electron chi connectivity index (χ2n) is 4.41. The largest absolute Gasteiger partial charge is 0.378 e. The highest BCUT2D eigenvalue weighted by Gasteiger charge is 2.21. The SMILES string of the molecule is C[C@@](N)(O)c1ccc(F)c(N2CCOCC2)c1. The monoisotopic (exact) mass is 240 g/mol. The van der Waals surface area contributed by atoms with Gasteiger partial charge in [0.15, 0.2) is 0 Å². The van der Waals surface area contributed by atoms with Crippen LogP contribution in [0.4, 0.5) is 10.1 Å². The second-order valence-corrected chi connectivity index (χ2v) is 4.41. The molecule has 17 heavy (non-hydrogen) atoms. The Kier molecular flexibility index (Phi) is 3.33. The molecule has 0 radical (unpaired) electrons. The van der Waals surface area contributed by atoms with Crippen LogP contribution in [0.15, 0.2) is 18.2 Å². The molecule has 0 bridgehead atoms. The molecule has 1 heterocycles. The van der Waals surface area contributed by atoms with E-state index in [-0.39, 0.29) is 5.82 Å². The number of morpholine rings is 1. The van der Waals surface area contributed by atoms with Crippen molar-refractivity contribution in [1.82, 2.24) is 0 Å². The molecule has 1 aliphatic rings. The van der Waals surface area contributed by atoms with Gasteiger partial charge in [0.2, 0.25) is 0 Å². The number of benzene rings is 1. The van der Waals surface area contributed by atoms with Crippen LogP contribution in [0.1, 0.15) is 12.5 Å². The van der Waals surface area contributed by atoms with Gasteiger partial charge in [-0.2, -0.15) is 0 Å². The summed E-state index contributed by atoms with van der Waals surface area (Å²) in [4.78, 5) is 1.90. The molecular formula is C12H17FN2O2. The van der Waals surface area contributed by atoms with E-state index in [0.29, 0.717) is 37.6 Å². The van der Waals surface area contributed by atoms with E-state index in [0.717, 1.165) is 0 Å². The molecule has 3 N–H and O–H groups in total. The predicted molar refractivity (Wildman–Crippen MR) is 63.2 cm³/mol. The summed E-state index contributed by atoms with van der Waals surface area (Å²) in [5.41, 5.74) is 5.11. The molecule has 0 aromatic heterocycles. The number of aliphatic hydroxyl groups is 1. The summed E-state index contributed by atoms with van der Waals surface area (Å²) in [6, 6.07) is 4.43. The minimum absolute atomic E-state index is 0.306. The highest BCUT2D eigenvalue weighted by Crippen LogP contribution is 2.25. The van der Waals surface area contributed by atoms with Crippen LogP contribution >= 0.6 is 0 Å². The standard InChI is InChI=1S/C12H17FN2O2/c1-12(14,16)9-2-3-10(13)11(8-9)15-4-6-17-7-5-15/h2-3,8,16H,4-7,14H2,1H3/t12-/m1/s1. The molecule has 1 atom stereocenters. The topological polar surface area (TPSA) is 58.7 Å². The van der Waals surface area contributed by atoms with Gasteiger partial charge in [0.25, 0.3) is 0 Å². The Balaban J connectivity index is 2.31. The lowest BCUT2D eigenvalue weighted by Crippen LogP contribution is -2.37. The van der Waals surface area contributed by atoms with E-state index in [2.05, 4.69) is 0 Å². The first-order valence-electron chi connectivity index (χ1n) is 5.62. The molecule has 1 fully saturated rings. The van der Waals surface area contributed by atoms with E-state index in [1.807, 2.05) is 4.90 Å². The molecule has 0 unspecified atom stereocenters. The Bertz CT molecular complexity index is 398. The van der Waals surface area contributed by atoms with E-state index >= 15 is 0 Å². The van der Waals surface area contributed by atoms with Gasteiger partial charge in [0, 0.05) is 18.7 Å². The Hall–Kier alpha value is -1.17. The fourth-order valence-corrected chi connectivity index (χ4v) is 1.87. The molecule has 1 saturated heterocycles. The van der Waals surface area contributed by atoms with Crippen molar-refractivity contribution in [2.75, 3.05) is 31.2 Å². The molecule has 4 nitrogen and oxygen atoms in total. The normalized spacial score (nSPS) is 20.1. The molecular weight excluding hydrogens is 223 g/mol. The van der Waals surface area contributed by atoms with Crippen molar-refractivity contribution in [3.8, 4) is 0 Å². The molecule has 2 rings (SSSR count). The number of anilines is 1. The van der Waals surface area contributed by atoms with Gasteiger partial charge in [-0.25, -0.2) is 4.39 Å². The van der Waals surface area contributed by atoms with Crippen LogP contribution in [0.3, 0.4) is 0 Å². The molecule has 0 amide bonds. The Morgan fingerprint density at radius 1 is 1.41 bits per heavy atom. The van der Waals surface area contributed by atoms with Crippen LogP contribution in [0.25, 0.3) is 0 Å². The van der Waals surface area contributed by atoms with E-state index in [1.54, 1.807) is 6.07 Å². The molecule has 1 aliphatic heterocycles. The number of nitrogens with zero attached hydrogens (tertiary/aromatic N) is 1. The van der Waals surface area contributed by atoms with Gasteiger partial charge < -0.3 is 20.5 Å². The van der Waals surface area contributed by atoms with Crippen molar-refractivity contribution in [2.45, 2.75) is 12.6 Å². The van der Waals surface area contributed by atoms with Gasteiger partial charge in [-0.1, -0.05) is 6.07 Å². The first-order valence-corrected chi connectivity index (χ1v) is 5.62. The minimum Gasteiger partial charge on any atom is -0.378 e. The summed E-state index contributed by atoms with van der Waals surface area (Å²) in [6.45, 7) is 3.94. The van der Waals surface area contributed by atoms with Gasteiger partial charge in [0.1, 0.15) is 11.5 Å². The van der Waals surface area contributed by atoms with Crippen molar-refractivity contribution in [1.29, 1.82) is 0 Å². The van der Waals surface area contributed by atoms with Gasteiger partial charge in [-0.05, 0) is 19.1 Å². The fraction of sp³-hybridized carbons (Fsp3) is 0.500. The highest BCUT2D eigenvalue weighted by atomic mass is 19.1. The summed E-state index contributed by atoms with van der Waals surface area (Å²) < 4.78 is 19.0. The van der Waals surface area contributed by atoms with Crippen LogP contribution in [0, 0.1) is 5.82 Å². The molecule has 1 aromatic carbocycles. The van der Waals surface area contributed by atoms with Crippen molar-refractivity contribution >= 4 is 5.69 Å². The van der Waals surface area contributed by atoms with Crippen molar-refractivity contribution in [3.63, 3.8) is 0 Å². The quantitative estimate of drug-likeness (QED) is 0.750. The molecule has 94 valence electrons. The molecule has 5 heteroatoms. The average Bonchev–Trinajstić information content (AvgIpc) is 2.29. The maximum absolute atomic E-state index is 13.7. The fourth-order valence-electron chi connectivity index (χ4n) is 1.87. The van der Waals surface area contributed by atoms with Gasteiger partial charge in [-0.15, -0.1) is 0 Å². The van der Waals surface area contributed by atoms with E-state index < -0.39 is 5.72 Å². The van der Waals surface area contributed by atoms with Gasteiger partial charge in [0.05, 0.1) is 18.9 Å². The lowest BCUT2D eigenvalue weighted by Gasteiger charge is -2.30. The van der Waals surface area contributed by atoms with Crippen molar-refractivity contribution < 1.29 is 14.2 Å². The summed E-state index contributed by atoms with van der Waals surface area (Å²) in [6.07, 6.45) is 0. The van der Waals surface area contributed by atoms with Gasteiger partial charge >= 0.3 is 0 Å². The maximum atomic E-state index is 13.7. The second kappa shape index (κ2) is 4.60. The van der Waals surface area contributed by atoms with Crippen LogP contribution in [-0.4, -0.2) is 31.4 Å². The number of nitrogens with two attached hydrogens (primary N) is 1. The lowest BCUT2D eigenvalue weighted by molar-refractivity contribution is 0.0646. The number of rotatable bonds is 2. The predicted octanol–water partition coefficient (Wildman–Crippen LogP) is 0.786. The van der Waals surface area contributed by atoms with Crippen molar-refractivity contribution in [3.05, 3.63) is 29.6 Å². The smallest absolute Gasteiger partial charge is 0.146 e.